The van der Waals surface area contributed by atoms with Crippen LogP contribution in [0.2, 0.25) is 0 Å². The van der Waals surface area contributed by atoms with Gasteiger partial charge in [-0.2, -0.15) is 0 Å². The van der Waals surface area contributed by atoms with Crippen LogP contribution in [0.5, 0.6) is 0 Å². The molecule has 2 heterocycles. The van der Waals surface area contributed by atoms with E-state index >= 15 is 0 Å². The second-order valence-corrected chi connectivity index (χ2v) is 8.26. The van der Waals surface area contributed by atoms with Gasteiger partial charge >= 0.3 is 5.69 Å². The summed E-state index contributed by atoms with van der Waals surface area (Å²) in [6.07, 6.45) is 9.84. The van der Waals surface area contributed by atoms with Crippen molar-refractivity contribution in [1.82, 2.24) is 19.8 Å². The first-order valence-electron chi connectivity index (χ1n) is 11.4. The maximum atomic E-state index is 12.4. The number of nitrogens with zero attached hydrogens (tertiary/aromatic N) is 2. The molecular weight excluding hydrogens is 364 g/mol. The van der Waals surface area contributed by atoms with Crippen LogP contribution in [0.3, 0.4) is 0 Å². The summed E-state index contributed by atoms with van der Waals surface area (Å²) in [5, 5.41) is 3.06. The topological polar surface area (TPSA) is 70.1 Å². The second kappa shape index (κ2) is 11.2. The molecule has 1 aromatic heterocycles. The van der Waals surface area contributed by atoms with Crippen molar-refractivity contribution in [2.45, 2.75) is 70.8 Å². The number of likely N-dealkylation sites (tertiary alicyclic amines) is 1. The Morgan fingerprint density at radius 1 is 1.10 bits per heavy atom. The number of unbranched alkanes of at least 4 members (excludes halogenated alkanes) is 5. The van der Waals surface area contributed by atoms with E-state index in [2.05, 4.69) is 22.1 Å². The van der Waals surface area contributed by atoms with Gasteiger partial charge in [-0.25, -0.2) is 4.79 Å². The number of carbonyl (C=O) groups excluding carboxylic acids is 1. The minimum Gasteiger partial charge on any atom is -0.355 e. The zero-order valence-corrected chi connectivity index (χ0v) is 17.8. The summed E-state index contributed by atoms with van der Waals surface area (Å²) in [4.78, 5) is 29.7. The van der Waals surface area contributed by atoms with Crippen molar-refractivity contribution in [3.05, 3.63) is 34.7 Å². The standard InChI is InChI=1S/C23H36N4O2/c1-2-3-4-5-6-7-12-22(28)24-15-18-26-16-13-19(14-17-26)27-21-11-9-8-10-20(21)25-23(27)29/h8-11,19H,2-7,12-18H2,1H3,(H,24,28)(H,25,29). The lowest BCUT2D eigenvalue weighted by Crippen LogP contribution is -2.41. The molecule has 0 radical (unpaired) electrons. The highest BCUT2D eigenvalue weighted by Gasteiger charge is 2.23. The van der Waals surface area contributed by atoms with Gasteiger partial charge in [0.05, 0.1) is 11.0 Å². The van der Waals surface area contributed by atoms with Crippen molar-refractivity contribution in [2.24, 2.45) is 0 Å². The SMILES string of the molecule is CCCCCCCCC(=O)NCCN1CCC(n2c(=O)[nH]c3ccccc32)CC1. The summed E-state index contributed by atoms with van der Waals surface area (Å²) in [5.74, 6) is 0.181. The van der Waals surface area contributed by atoms with Gasteiger partial charge in [-0.05, 0) is 31.4 Å². The monoisotopic (exact) mass is 400 g/mol. The average molecular weight is 401 g/mol. The fourth-order valence-corrected chi connectivity index (χ4v) is 4.35. The number of fused-ring (bicyclic) bond motifs is 1. The summed E-state index contributed by atoms with van der Waals surface area (Å²) in [6.45, 7) is 5.75. The molecule has 0 bridgehead atoms. The molecule has 0 saturated carbocycles. The van der Waals surface area contributed by atoms with Crippen LogP contribution in [0.15, 0.2) is 29.1 Å². The van der Waals surface area contributed by atoms with E-state index in [1.54, 1.807) is 0 Å². The molecule has 1 fully saturated rings. The molecule has 6 nitrogen and oxygen atoms in total. The van der Waals surface area contributed by atoms with E-state index in [0.717, 1.165) is 56.4 Å². The Kier molecular flexibility index (Phi) is 8.35. The predicted octanol–water partition coefficient (Wildman–Crippen LogP) is 3.83. The van der Waals surface area contributed by atoms with Crippen LogP contribution < -0.4 is 11.0 Å². The Morgan fingerprint density at radius 2 is 1.83 bits per heavy atom. The lowest BCUT2D eigenvalue weighted by atomic mass is 10.0. The van der Waals surface area contributed by atoms with Gasteiger partial charge in [0.15, 0.2) is 0 Å². The van der Waals surface area contributed by atoms with E-state index in [1.165, 1.54) is 25.7 Å². The van der Waals surface area contributed by atoms with Gasteiger partial charge in [0.1, 0.15) is 0 Å². The van der Waals surface area contributed by atoms with Gasteiger partial charge in [0.2, 0.25) is 5.91 Å². The third-order valence-electron chi connectivity index (χ3n) is 6.05. The number of imidazole rings is 1. The number of carbonyl (C=O) groups is 1. The van der Waals surface area contributed by atoms with Crippen molar-refractivity contribution in [1.29, 1.82) is 0 Å². The van der Waals surface area contributed by atoms with Crippen LogP contribution in [-0.4, -0.2) is 46.5 Å². The summed E-state index contributed by atoms with van der Waals surface area (Å²) in [7, 11) is 0. The Labute approximate surface area is 173 Å². The highest BCUT2D eigenvalue weighted by atomic mass is 16.2. The van der Waals surface area contributed by atoms with Crippen molar-refractivity contribution in [2.75, 3.05) is 26.2 Å². The molecule has 0 spiro atoms. The number of hydrogen-bond acceptors (Lipinski definition) is 3. The molecule has 0 atom stereocenters. The van der Waals surface area contributed by atoms with Crippen LogP contribution in [0, 0.1) is 0 Å². The van der Waals surface area contributed by atoms with Crippen LogP contribution in [0.1, 0.15) is 70.8 Å². The molecule has 1 aliphatic rings. The number of H-pyrrole nitrogens is 1. The summed E-state index contributed by atoms with van der Waals surface area (Å²) in [6, 6.07) is 8.15. The molecule has 1 saturated heterocycles. The van der Waals surface area contributed by atoms with Crippen LogP contribution >= 0.6 is 0 Å². The Hall–Kier alpha value is -2.08. The number of piperidine rings is 1. The first-order chi connectivity index (χ1) is 14.2. The number of hydrogen-bond donors (Lipinski definition) is 2. The third-order valence-corrected chi connectivity index (χ3v) is 6.05. The molecule has 1 amide bonds. The molecule has 2 aromatic rings. The van der Waals surface area contributed by atoms with Crippen molar-refractivity contribution >= 4 is 16.9 Å². The molecule has 3 rings (SSSR count). The maximum Gasteiger partial charge on any atom is 0.326 e. The Morgan fingerprint density at radius 3 is 2.62 bits per heavy atom. The molecule has 0 unspecified atom stereocenters. The second-order valence-electron chi connectivity index (χ2n) is 8.26. The number of nitrogens with one attached hydrogen (secondary N) is 2. The normalized spacial score (nSPS) is 15.8. The van der Waals surface area contributed by atoms with Crippen molar-refractivity contribution in [3.8, 4) is 0 Å². The van der Waals surface area contributed by atoms with Gasteiger partial charge in [0, 0.05) is 38.6 Å². The van der Waals surface area contributed by atoms with E-state index in [4.69, 9.17) is 0 Å². The van der Waals surface area contributed by atoms with Crippen LogP contribution in [0.25, 0.3) is 11.0 Å². The lowest BCUT2D eigenvalue weighted by Gasteiger charge is -2.32. The van der Waals surface area contributed by atoms with Crippen molar-refractivity contribution < 1.29 is 4.79 Å². The van der Waals surface area contributed by atoms with Gasteiger partial charge < -0.3 is 15.2 Å². The fraction of sp³-hybridized carbons (Fsp3) is 0.652. The highest BCUT2D eigenvalue weighted by Crippen LogP contribution is 2.24. The quantitative estimate of drug-likeness (QED) is 0.563. The van der Waals surface area contributed by atoms with E-state index < -0.39 is 0 Å². The summed E-state index contributed by atoms with van der Waals surface area (Å²) in [5.41, 5.74) is 1.90. The van der Waals surface area contributed by atoms with Gasteiger partial charge in [-0.1, -0.05) is 51.2 Å². The lowest BCUT2D eigenvalue weighted by molar-refractivity contribution is -0.121. The van der Waals surface area contributed by atoms with E-state index in [-0.39, 0.29) is 17.6 Å². The number of amides is 1. The maximum absolute atomic E-state index is 12.4. The zero-order valence-electron chi connectivity index (χ0n) is 17.8. The third kappa shape index (κ3) is 6.20. The molecule has 160 valence electrons. The molecule has 0 aliphatic carbocycles. The number of aromatic nitrogens is 2. The van der Waals surface area contributed by atoms with E-state index in [9.17, 15) is 9.59 Å². The average Bonchev–Trinajstić information content (AvgIpc) is 3.07. The predicted molar refractivity (Wildman–Crippen MR) is 118 cm³/mol. The molecule has 1 aliphatic heterocycles. The minimum absolute atomic E-state index is 0.00777. The number of aromatic amines is 1. The fourth-order valence-electron chi connectivity index (χ4n) is 4.35. The van der Waals surface area contributed by atoms with Crippen LogP contribution in [-0.2, 0) is 4.79 Å². The first-order valence-corrected chi connectivity index (χ1v) is 11.4. The Bertz CT molecular complexity index is 818. The molecule has 2 N–H and O–H groups in total. The molecule has 6 heteroatoms. The molecule has 1 aromatic carbocycles. The van der Waals surface area contributed by atoms with Gasteiger partial charge in [-0.3, -0.25) is 9.36 Å². The number of para-hydroxylation sites is 2. The largest absolute Gasteiger partial charge is 0.355 e. The smallest absolute Gasteiger partial charge is 0.326 e. The minimum atomic E-state index is -0.00777. The van der Waals surface area contributed by atoms with E-state index in [1.807, 2.05) is 28.8 Å². The van der Waals surface area contributed by atoms with Crippen molar-refractivity contribution in [3.63, 3.8) is 0 Å². The van der Waals surface area contributed by atoms with Crippen LogP contribution in [0.4, 0.5) is 0 Å². The number of rotatable bonds is 11. The first kappa shape index (κ1) is 21.6. The van der Waals surface area contributed by atoms with Gasteiger partial charge in [0.25, 0.3) is 0 Å². The zero-order chi connectivity index (χ0) is 20.5. The Balaban J connectivity index is 1.33. The number of benzene rings is 1. The highest BCUT2D eigenvalue weighted by molar-refractivity contribution is 5.76. The summed E-state index contributed by atoms with van der Waals surface area (Å²) >= 11 is 0. The molecule has 29 heavy (non-hydrogen) atoms. The summed E-state index contributed by atoms with van der Waals surface area (Å²) < 4.78 is 1.93. The molecular formula is C23H36N4O2. The van der Waals surface area contributed by atoms with E-state index in [0.29, 0.717) is 13.0 Å². The van der Waals surface area contributed by atoms with Gasteiger partial charge in [-0.15, -0.1) is 0 Å².